The zero-order valence-electron chi connectivity index (χ0n) is 11.9. The van der Waals surface area contributed by atoms with Gasteiger partial charge in [-0.05, 0) is 31.5 Å². The van der Waals surface area contributed by atoms with Crippen LogP contribution >= 0.6 is 11.6 Å². The van der Waals surface area contributed by atoms with Crippen LogP contribution in [0.3, 0.4) is 0 Å². The lowest BCUT2D eigenvalue weighted by Gasteiger charge is -2.13. The maximum atomic E-state index is 6.05. The normalized spacial score (nSPS) is 10.6. The first-order valence-corrected chi connectivity index (χ1v) is 7.28. The molecule has 0 radical (unpaired) electrons. The SMILES string of the molecule is CCCOc1ccc(Cl)cc1NCc1nccn1CC. The molecule has 5 heteroatoms. The Kier molecular flexibility index (Phi) is 5.30. The Hall–Kier alpha value is -1.68. The summed E-state index contributed by atoms with van der Waals surface area (Å²) >= 11 is 6.05. The van der Waals surface area contributed by atoms with E-state index in [2.05, 4.69) is 28.7 Å². The number of anilines is 1. The van der Waals surface area contributed by atoms with E-state index in [0.717, 1.165) is 30.2 Å². The number of halogens is 1. The van der Waals surface area contributed by atoms with Crippen LogP contribution in [0.15, 0.2) is 30.6 Å². The van der Waals surface area contributed by atoms with E-state index in [0.29, 0.717) is 18.2 Å². The van der Waals surface area contributed by atoms with E-state index in [1.807, 2.05) is 30.6 Å². The second-order valence-corrected chi connectivity index (χ2v) is 4.91. The van der Waals surface area contributed by atoms with E-state index in [-0.39, 0.29) is 0 Å². The highest BCUT2D eigenvalue weighted by molar-refractivity contribution is 6.30. The summed E-state index contributed by atoms with van der Waals surface area (Å²) in [5.74, 6) is 1.82. The maximum Gasteiger partial charge on any atom is 0.142 e. The smallest absolute Gasteiger partial charge is 0.142 e. The quantitative estimate of drug-likeness (QED) is 0.840. The fourth-order valence-corrected chi connectivity index (χ4v) is 2.12. The first kappa shape index (κ1) is 14.7. The highest BCUT2D eigenvalue weighted by atomic mass is 35.5. The van der Waals surface area contributed by atoms with E-state index >= 15 is 0 Å². The van der Waals surface area contributed by atoms with Gasteiger partial charge in [0, 0.05) is 24.0 Å². The molecule has 0 saturated heterocycles. The monoisotopic (exact) mass is 293 g/mol. The largest absolute Gasteiger partial charge is 0.491 e. The highest BCUT2D eigenvalue weighted by Gasteiger charge is 2.06. The van der Waals surface area contributed by atoms with Crippen LogP contribution in [0.5, 0.6) is 5.75 Å². The Balaban J connectivity index is 2.09. The van der Waals surface area contributed by atoms with Crippen molar-refractivity contribution in [2.75, 3.05) is 11.9 Å². The summed E-state index contributed by atoms with van der Waals surface area (Å²) in [7, 11) is 0. The second kappa shape index (κ2) is 7.20. The van der Waals surface area contributed by atoms with Crippen LogP contribution in [0.2, 0.25) is 5.02 Å². The zero-order chi connectivity index (χ0) is 14.4. The molecule has 0 unspecified atom stereocenters. The lowest BCUT2D eigenvalue weighted by Crippen LogP contribution is -2.08. The number of ether oxygens (including phenoxy) is 1. The van der Waals surface area contributed by atoms with Crippen molar-refractivity contribution in [1.82, 2.24) is 9.55 Å². The molecule has 0 spiro atoms. The van der Waals surface area contributed by atoms with Crippen molar-refractivity contribution in [3.05, 3.63) is 41.4 Å². The summed E-state index contributed by atoms with van der Waals surface area (Å²) in [5, 5.41) is 4.04. The van der Waals surface area contributed by atoms with Gasteiger partial charge in [-0.15, -0.1) is 0 Å². The van der Waals surface area contributed by atoms with Gasteiger partial charge in [0.1, 0.15) is 11.6 Å². The first-order chi connectivity index (χ1) is 9.74. The Morgan fingerprint density at radius 3 is 2.95 bits per heavy atom. The Labute approximate surface area is 124 Å². The van der Waals surface area contributed by atoms with Crippen LogP contribution in [0.1, 0.15) is 26.1 Å². The molecule has 0 saturated carbocycles. The molecule has 0 aliphatic carbocycles. The molecule has 1 N–H and O–H groups in total. The molecule has 0 atom stereocenters. The molecule has 1 aromatic carbocycles. The summed E-state index contributed by atoms with van der Waals surface area (Å²) in [4.78, 5) is 4.34. The van der Waals surface area contributed by atoms with Gasteiger partial charge in [0.15, 0.2) is 0 Å². The van der Waals surface area contributed by atoms with Gasteiger partial charge in [-0.1, -0.05) is 18.5 Å². The van der Waals surface area contributed by atoms with Gasteiger partial charge < -0.3 is 14.6 Å². The molecule has 0 aliphatic rings. The molecule has 1 aromatic heterocycles. The number of aryl methyl sites for hydroxylation is 1. The van der Waals surface area contributed by atoms with E-state index in [1.54, 1.807) is 0 Å². The zero-order valence-corrected chi connectivity index (χ0v) is 12.7. The number of nitrogens with one attached hydrogen (secondary N) is 1. The number of hydrogen-bond donors (Lipinski definition) is 1. The average Bonchev–Trinajstić information content (AvgIpc) is 2.91. The summed E-state index contributed by atoms with van der Waals surface area (Å²) in [6.45, 7) is 6.43. The molecule has 0 amide bonds. The van der Waals surface area contributed by atoms with Crippen LogP contribution in [0.25, 0.3) is 0 Å². The van der Waals surface area contributed by atoms with Crippen LogP contribution in [-0.4, -0.2) is 16.2 Å². The molecule has 0 fully saturated rings. The summed E-state index contributed by atoms with van der Waals surface area (Å²) in [5.41, 5.74) is 0.900. The Bertz CT molecular complexity index is 554. The molecule has 1 heterocycles. The molecule has 2 rings (SSSR count). The third-order valence-electron chi connectivity index (χ3n) is 2.98. The van der Waals surface area contributed by atoms with E-state index in [9.17, 15) is 0 Å². The van der Waals surface area contributed by atoms with E-state index in [4.69, 9.17) is 16.3 Å². The number of benzene rings is 1. The topological polar surface area (TPSA) is 39.1 Å². The predicted octanol–water partition coefficient (Wildman–Crippen LogP) is 3.96. The van der Waals surface area contributed by atoms with Gasteiger partial charge >= 0.3 is 0 Å². The lowest BCUT2D eigenvalue weighted by atomic mass is 10.3. The minimum atomic E-state index is 0.643. The van der Waals surface area contributed by atoms with Crippen molar-refractivity contribution in [2.24, 2.45) is 0 Å². The molecule has 4 nitrogen and oxygen atoms in total. The number of aromatic nitrogens is 2. The fourth-order valence-electron chi connectivity index (χ4n) is 1.95. The Morgan fingerprint density at radius 2 is 2.20 bits per heavy atom. The highest BCUT2D eigenvalue weighted by Crippen LogP contribution is 2.28. The van der Waals surface area contributed by atoms with Crippen molar-refractivity contribution in [3.8, 4) is 5.75 Å². The summed E-state index contributed by atoms with van der Waals surface area (Å²) in [6, 6.07) is 5.61. The van der Waals surface area contributed by atoms with Gasteiger partial charge in [-0.25, -0.2) is 4.98 Å². The predicted molar refractivity (Wildman–Crippen MR) is 82.5 cm³/mol. The van der Waals surface area contributed by atoms with E-state index < -0.39 is 0 Å². The maximum absolute atomic E-state index is 6.05. The molecule has 20 heavy (non-hydrogen) atoms. The summed E-state index contributed by atoms with van der Waals surface area (Å²) < 4.78 is 7.82. The molecule has 0 bridgehead atoms. The molecular formula is C15H20ClN3O. The molecule has 108 valence electrons. The minimum absolute atomic E-state index is 0.643. The van der Waals surface area contributed by atoms with Crippen LogP contribution in [-0.2, 0) is 13.1 Å². The average molecular weight is 294 g/mol. The van der Waals surface area contributed by atoms with Crippen LogP contribution < -0.4 is 10.1 Å². The van der Waals surface area contributed by atoms with Crippen molar-refractivity contribution >= 4 is 17.3 Å². The third kappa shape index (κ3) is 3.67. The Morgan fingerprint density at radius 1 is 1.35 bits per heavy atom. The van der Waals surface area contributed by atoms with E-state index in [1.165, 1.54) is 0 Å². The van der Waals surface area contributed by atoms with Gasteiger partial charge in [0.25, 0.3) is 0 Å². The molecule has 0 aliphatic heterocycles. The number of imidazole rings is 1. The fraction of sp³-hybridized carbons (Fsp3) is 0.400. The van der Waals surface area contributed by atoms with Crippen LogP contribution in [0.4, 0.5) is 5.69 Å². The minimum Gasteiger partial charge on any atom is -0.491 e. The van der Waals surface area contributed by atoms with Gasteiger partial charge in [-0.2, -0.15) is 0 Å². The van der Waals surface area contributed by atoms with Gasteiger partial charge in [0.2, 0.25) is 0 Å². The second-order valence-electron chi connectivity index (χ2n) is 4.47. The standard InChI is InChI=1S/C15H20ClN3O/c1-3-9-20-14-6-5-12(16)10-13(14)18-11-15-17-7-8-19(15)4-2/h5-8,10,18H,3-4,9,11H2,1-2H3. The van der Waals surface area contributed by atoms with Crippen molar-refractivity contribution in [1.29, 1.82) is 0 Å². The van der Waals surface area contributed by atoms with Gasteiger partial charge in [-0.3, -0.25) is 0 Å². The number of nitrogens with zero attached hydrogens (tertiary/aromatic N) is 2. The van der Waals surface area contributed by atoms with Crippen LogP contribution in [0, 0.1) is 0 Å². The summed E-state index contributed by atoms with van der Waals surface area (Å²) in [6.07, 6.45) is 4.76. The van der Waals surface area contributed by atoms with Crippen molar-refractivity contribution < 1.29 is 4.74 Å². The first-order valence-electron chi connectivity index (χ1n) is 6.90. The van der Waals surface area contributed by atoms with Crippen molar-refractivity contribution in [3.63, 3.8) is 0 Å². The molecular weight excluding hydrogens is 274 g/mol. The number of rotatable bonds is 7. The lowest BCUT2D eigenvalue weighted by molar-refractivity contribution is 0.319. The van der Waals surface area contributed by atoms with Gasteiger partial charge in [0.05, 0.1) is 18.8 Å². The number of hydrogen-bond acceptors (Lipinski definition) is 3. The molecule has 2 aromatic rings. The third-order valence-corrected chi connectivity index (χ3v) is 3.22. The van der Waals surface area contributed by atoms with Crippen molar-refractivity contribution in [2.45, 2.75) is 33.4 Å².